The fourth-order valence-electron chi connectivity index (χ4n) is 4.46. The van der Waals surface area contributed by atoms with E-state index in [9.17, 15) is 0 Å². The maximum Gasteiger partial charge on any atom is 0.494 e. The number of methoxy groups -OCH3 is 2. The van der Waals surface area contributed by atoms with E-state index in [0.29, 0.717) is 12.1 Å². The summed E-state index contributed by atoms with van der Waals surface area (Å²) in [6, 6.07) is 9.75. The number of piperazine rings is 1. The second-order valence-electron chi connectivity index (χ2n) is 9.23. The van der Waals surface area contributed by atoms with Crippen LogP contribution in [0.2, 0.25) is 0 Å². The highest BCUT2D eigenvalue weighted by molar-refractivity contribution is 6.62. The molecule has 154 valence electrons. The van der Waals surface area contributed by atoms with Gasteiger partial charge in [0, 0.05) is 45.1 Å². The molecule has 0 N–H and O–H groups in total. The topological polar surface area (TPSA) is 43.4 Å². The van der Waals surface area contributed by atoms with Crippen molar-refractivity contribution in [3.63, 3.8) is 0 Å². The molecule has 4 saturated heterocycles. The highest BCUT2D eigenvalue weighted by atomic mass is 16.7. The van der Waals surface area contributed by atoms with Gasteiger partial charge in [0.15, 0.2) is 6.29 Å². The van der Waals surface area contributed by atoms with Crippen LogP contribution in [0.15, 0.2) is 24.3 Å². The van der Waals surface area contributed by atoms with Gasteiger partial charge in [0.05, 0.1) is 17.7 Å². The van der Waals surface area contributed by atoms with E-state index in [1.165, 1.54) is 12.1 Å². The molecule has 0 amide bonds. The van der Waals surface area contributed by atoms with Crippen molar-refractivity contribution in [3.8, 4) is 0 Å². The van der Waals surface area contributed by atoms with Crippen molar-refractivity contribution < 1.29 is 18.8 Å². The number of benzene rings is 1. The molecular weight excluding hydrogens is 355 g/mol. The molecule has 4 aliphatic heterocycles. The summed E-state index contributed by atoms with van der Waals surface area (Å²) in [5.74, 6) is 0. The number of fused-ring (bicyclic) bond motifs is 2. The van der Waals surface area contributed by atoms with E-state index in [4.69, 9.17) is 18.8 Å². The largest absolute Gasteiger partial charge is 0.494 e. The highest BCUT2D eigenvalue weighted by Crippen LogP contribution is 2.37. The van der Waals surface area contributed by atoms with Crippen LogP contribution in [0.25, 0.3) is 0 Å². The lowest BCUT2D eigenvalue weighted by atomic mass is 9.78. The Morgan fingerprint density at radius 1 is 1.07 bits per heavy atom. The fraction of sp³-hybridized carbons (Fsp3) is 0.714. The zero-order valence-electron chi connectivity index (χ0n) is 18.0. The summed E-state index contributed by atoms with van der Waals surface area (Å²) in [5.41, 5.74) is 1.70. The summed E-state index contributed by atoms with van der Waals surface area (Å²) in [6.07, 6.45) is 1.11. The second kappa shape index (κ2) is 7.29. The van der Waals surface area contributed by atoms with Gasteiger partial charge in [-0.05, 0) is 51.7 Å². The van der Waals surface area contributed by atoms with Crippen LogP contribution in [-0.4, -0.2) is 75.4 Å². The first-order valence-corrected chi connectivity index (χ1v) is 10.3. The number of ether oxygens (including phenoxy) is 2. The van der Waals surface area contributed by atoms with Crippen LogP contribution in [0.3, 0.4) is 0 Å². The van der Waals surface area contributed by atoms with Gasteiger partial charge in [-0.25, -0.2) is 0 Å². The SMILES string of the molecule is COC(CN1C2CC1CN(c1cccc(B3OC(C)(C)C(C)(C)O3)c1)C2)OC. The highest BCUT2D eigenvalue weighted by Gasteiger charge is 2.52. The number of nitrogens with zero attached hydrogens (tertiary/aromatic N) is 2. The Bertz CT molecular complexity index is 681. The van der Waals surface area contributed by atoms with Crippen molar-refractivity contribution in [3.05, 3.63) is 24.3 Å². The van der Waals surface area contributed by atoms with Gasteiger partial charge in [-0.2, -0.15) is 0 Å². The number of hydrogen-bond acceptors (Lipinski definition) is 6. The Balaban J connectivity index is 1.43. The van der Waals surface area contributed by atoms with Crippen LogP contribution < -0.4 is 10.4 Å². The minimum atomic E-state index is -0.319. The van der Waals surface area contributed by atoms with Crippen molar-refractivity contribution >= 4 is 18.3 Å². The smallest absolute Gasteiger partial charge is 0.399 e. The standard InChI is InChI=1S/C21H33BN2O4/c1-20(2)21(3,4)28-22(27-20)15-8-7-9-16(10-15)23-12-17-11-18(13-23)24(17)14-19(25-5)26-6/h7-10,17-19H,11-14H2,1-6H3. The molecule has 5 rings (SSSR count). The van der Waals surface area contributed by atoms with Crippen LogP contribution >= 0.6 is 0 Å². The summed E-state index contributed by atoms with van der Waals surface area (Å²) >= 11 is 0. The van der Waals surface area contributed by atoms with Crippen LogP contribution in [-0.2, 0) is 18.8 Å². The molecule has 2 unspecified atom stereocenters. The third kappa shape index (κ3) is 3.48. The molecule has 0 saturated carbocycles. The lowest BCUT2D eigenvalue weighted by Gasteiger charge is -2.57. The Kier molecular flexibility index (Phi) is 5.25. The number of anilines is 1. The summed E-state index contributed by atoms with van der Waals surface area (Å²) in [7, 11) is 3.10. The summed E-state index contributed by atoms with van der Waals surface area (Å²) in [6.45, 7) is 11.3. The average molecular weight is 388 g/mol. The molecule has 28 heavy (non-hydrogen) atoms. The van der Waals surface area contributed by atoms with Crippen molar-refractivity contribution in [2.75, 3.05) is 38.8 Å². The fourth-order valence-corrected chi connectivity index (χ4v) is 4.46. The molecule has 4 aliphatic rings. The van der Waals surface area contributed by atoms with Gasteiger partial charge in [-0.3, -0.25) is 4.90 Å². The van der Waals surface area contributed by atoms with E-state index in [-0.39, 0.29) is 24.6 Å². The zero-order chi connectivity index (χ0) is 20.1. The lowest BCUT2D eigenvalue weighted by molar-refractivity contribution is -0.145. The minimum Gasteiger partial charge on any atom is -0.399 e. The second-order valence-corrected chi connectivity index (χ2v) is 9.23. The van der Waals surface area contributed by atoms with E-state index in [1.54, 1.807) is 14.2 Å². The van der Waals surface area contributed by atoms with Gasteiger partial charge < -0.3 is 23.7 Å². The molecule has 6 nitrogen and oxygen atoms in total. The molecular formula is C21H33BN2O4. The lowest BCUT2D eigenvalue weighted by Crippen LogP contribution is -2.70. The Labute approximate surface area is 169 Å². The molecule has 1 aromatic carbocycles. The predicted octanol–water partition coefficient (Wildman–Crippen LogP) is 1.87. The van der Waals surface area contributed by atoms with E-state index in [1.807, 2.05) is 0 Å². The van der Waals surface area contributed by atoms with Crippen LogP contribution in [0, 0.1) is 0 Å². The van der Waals surface area contributed by atoms with Gasteiger partial charge in [0.1, 0.15) is 0 Å². The Morgan fingerprint density at radius 3 is 2.25 bits per heavy atom. The monoisotopic (exact) mass is 388 g/mol. The molecule has 4 fully saturated rings. The van der Waals surface area contributed by atoms with Gasteiger partial charge in [-0.15, -0.1) is 0 Å². The van der Waals surface area contributed by atoms with Crippen molar-refractivity contribution in [1.29, 1.82) is 0 Å². The molecule has 0 aromatic heterocycles. The third-order valence-corrected chi connectivity index (χ3v) is 6.99. The first-order valence-electron chi connectivity index (χ1n) is 10.3. The first-order chi connectivity index (χ1) is 13.2. The van der Waals surface area contributed by atoms with Crippen LogP contribution in [0.5, 0.6) is 0 Å². The number of hydrogen-bond donors (Lipinski definition) is 0. The molecule has 0 spiro atoms. The van der Waals surface area contributed by atoms with Crippen LogP contribution in [0.4, 0.5) is 5.69 Å². The Morgan fingerprint density at radius 2 is 1.68 bits per heavy atom. The molecule has 7 heteroatoms. The van der Waals surface area contributed by atoms with E-state index < -0.39 is 0 Å². The van der Waals surface area contributed by atoms with Gasteiger partial charge in [0.25, 0.3) is 0 Å². The average Bonchev–Trinajstić information content (AvgIpc) is 2.90. The van der Waals surface area contributed by atoms with Crippen LogP contribution in [0.1, 0.15) is 34.1 Å². The molecule has 2 bridgehead atoms. The van der Waals surface area contributed by atoms with Gasteiger partial charge in [0.2, 0.25) is 0 Å². The van der Waals surface area contributed by atoms with Gasteiger partial charge in [-0.1, -0.05) is 12.1 Å². The molecule has 2 atom stereocenters. The van der Waals surface area contributed by atoms with E-state index >= 15 is 0 Å². The zero-order valence-corrected chi connectivity index (χ0v) is 18.0. The van der Waals surface area contributed by atoms with E-state index in [2.05, 4.69) is 61.8 Å². The predicted molar refractivity (Wildman–Crippen MR) is 111 cm³/mol. The summed E-state index contributed by atoms with van der Waals surface area (Å²) in [4.78, 5) is 5.00. The number of piperidine rings is 1. The van der Waals surface area contributed by atoms with Crippen molar-refractivity contribution in [2.24, 2.45) is 0 Å². The van der Waals surface area contributed by atoms with E-state index in [0.717, 1.165) is 25.1 Å². The van der Waals surface area contributed by atoms with Gasteiger partial charge >= 0.3 is 7.12 Å². The molecule has 0 radical (unpaired) electrons. The first kappa shape index (κ1) is 20.2. The molecule has 4 heterocycles. The minimum absolute atomic E-state index is 0.149. The maximum atomic E-state index is 6.23. The molecule has 0 aliphatic carbocycles. The summed E-state index contributed by atoms with van der Waals surface area (Å²) in [5, 5.41) is 0. The van der Waals surface area contributed by atoms with Crippen molar-refractivity contribution in [1.82, 2.24) is 4.90 Å². The maximum absolute atomic E-state index is 6.23. The normalized spacial score (nSPS) is 28.7. The van der Waals surface area contributed by atoms with Crippen molar-refractivity contribution in [2.45, 2.75) is 63.7 Å². The number of rotatable bonds is 6. The summed E-state index contributed by atoms with van der Waals surface area (Å²) < 4.78 is 23.2. The third-order valence-electron chi connectivity index (χ3n) is 6.99. The molecule has 1 aromatic rings. The Hall–Kier alpha value is -1.12. The quantitative estimate of drug-likeness (QED) is 0.548.